The Morgan fingerprint density at radius 3 is 2.62 bits per heavy atom. The molecule has 0 spiro atoms. The Balaban J connectivity index is 1.85. The van der Waals surface area contributed by atoms with Gasteiger partial charge >= 0.3 is 0 Å². The third kappa shape index (κ3) is 2.37. The number of ether oxygens (including phenoxy) is 1. The third-order valence-corrected chi connectivity index (χ3v) is 4.56. The molecule has 0 N–H and O–H groups in total. The van der Waals surface area contributed by atoms with E-state index in [-0.39, 0.29) is 5.88 Å². The largest absolute Gasteiger partial charge is 0.438 e. The van der Waals surface area contributed by atoms with Gasteiger partial charge in [0, 0.05) is 22.9 Å². The summed E-state index contributed by atoms with van der Waals surface area (Å²) in [6.45, 7) is 4.07. The Bertz CT molecular complexity index is 1000. The molecule has 0 atom stereocenters. The van der Waals surface area contributed by atoms with E-state index in [2.05, 4.69) is 16.5 Å². The van der Waals surface area contributed by atoms with Crippen molar-refractivity contribution in [1.82, 2.24) is 9.97 Å². The smallest absolute Gasteiger partial charge is 0.229 e. The van der Waals surface area contributed by atoms with Crippen LogP contribution in [0.2, 0.25) is 0 Å². The Labute approximate surface area is 150 Å². The van der Waals surface area contributed by atoms with Crippen LogP contribution < -0.4 is 4.74 Å². The number of hydrogen-bond acceptors (Lipinski definition) is 3. The average Bonchev–Trinajstić information content (AvgIpc) is 2.57. The molecule has 0 fully saturated rings. The first-order valence-corrected chi connectivity index (χ1v) is 8.11. The van der Waals surface area contributed by atoms with Gasteiger partial charge in [0.2, 0.25) is 17.8 Å². The maximum atomic E-state index is 13.9. The highest BCUT2D eigenvalue weighted by atomic mass is 127. The molecule has 3 heterocycles. The van der Waals surface area contributed by atoms with Gasteiger partial charge < -0.3 is 4.74 Å². The van der Waals surface area contributed by atoms with Crippen LogP contribution in [0.25, 0.3) is 16.7 Å². The molecule has 0 saturated carbocycles. The molecule has 1 aliphatic rings. The number of nitrogens with zero attached hydrogens (tertiary/aromatic N) is 2. The maximum Gasteiger partial charge on any atom is 0.229 e. The highest BCUT2D eigenvalue weighted by molar-refractivity contribution is 14.1. The van der Waals surface area contributed by atoms with Gasteiger partial charge in [0.1, 0.15) is 5.75 Å². The standard InChI is InChI=1S/C18H9F2IN2O/c1-9-12-7-10(11-3-2-6-22-16(11)19)4-5-15(12)24-18-13(9)8-14(21)17(20)23-18/h2-8H,1H2. The van der Waals surface area contributed by atoms with Crippen LogP contribution in [0.1, 0.15) is 11.1 Å². The lowest BCUT2D eigenvalue weighted by Crippen LogP contribution is -2.06. The molecule has 3 nitrogen and oxygen atoms in total. The number of fused-ring (bicyclic) bond motifs is 2. The first-order chi connectivity index (χ1) is 11.5. The second-order valence-electron chi connectivity index (χ2n) is 5.25. The number of rotatable bonds is 1. The molecule has 4 rings (SSSR count). The summed E-state index contributed by atoms with van der Waals surface area (Å²) in [6, 6.07) is 10.2. The molecule has 0 unspecified atom stereocenters. The molecule has 118 valence electrons. The fraction of sp³-hybridized carbons (Fsp3) is 0. The zero-order valence-electron chi connectivity index (χ0n) is 12.2. The molecule has 0 aliphatic carbocycles. The normalized spacial score (nSPS) is 12.4. The SMILES string of the molecule is C=C1c2cc(-c3cccnc3F)ccc2Oc2nc(F)c(I)cc21. The Morgan fingerprint density at radius 2 is 1.83 bits per heavy atom. The van der Waals surface area contributed by atoms with Crippen molar-refractivity contribution in [3.05, 3.63) is 75.8 Å². The molecule has 6 heteroatoms. The molecule has 0 saturated heterocycles. The molecule has 0 bridgehead atoms. The van der Waals surface area contributed by atoms with Crippen molar-refractivity contribution >= 4 is 28.2 Å². The number of pyridine rings is 2. The summed E-state index contributed by atoms with van der Waals surface area (Å²) in [7, 11) is 0. The molecule has 1 aliphatic heterocycles. The van der Waals surface area contributed by atoms with Crippen LogP contribution >= 0.6 is 22.6 Å². The molecule has 0 amide bonds. The minimum absolute atomic E-state index is 0.186. The van der Waals surface area contributed by atoms with Crippen LogP contribution in [0, 0.1) is 15.5 Å². The number of benzene rings is 1. The number of hydrogen-bond donors (Lipinski definition) is 0. The van der Waals surface area contributed by atoms with E-state index in [4.69, 9.17) is 4.74 Å². The van der Waals surface area contributed by atoms with Crippen LogP contribution in [0.5, 0.6) is 11.6 Å². The monoisotopic (exact) mass is 434 g/mol. The zero-order valence-corrected chi connectivity index (χ0v) is 14.3. The molecule has 3 aromatic rings. The van der Waals surface area contributed by atoms with Crippen molar-refractivity contribution in [2.24, 2.45) is 0 Å². The van der Waals surface area contributed by atoms with Crippen molar-refractivity contribution < 1.29 is 13.5 Å². The Hall–Kier alpha value is -2.35. The molecular formula is C18H9F2IN2O. The molecule has 24 heavy (non-hydrogen) atoms. The molecular weight excluding hydrogens is 425 g/mol. The van der Waals surface area contributed by atoms with Gasteiger partial charge in [-0.15, -0.1) is 0 Å². The van der Waals surface area contributed by atoms with Gasteiger partial charge in [-0.3, -0.25) is 0 Å². The van der Waals surface area contributed by atoms with Gasteiger partial charge in [0.15, 0.2) is 0 Å². The van der Waals surface area contributed by atoms with Crippen LogP contribution in [0.15, 0.2) is 49.2 Å². The van der Waals surface area contributed by atoms with Crippen LogP contribution in [0.3, 0.4) is 0 Å². The lowest BCUT2D eigenvalue weighted by molar-refractivity contribution is 0.436. The van der Waals surface area contributed by atoms with Gasteiger partial charge in [-0.2, -0.15) is 13.8 Å². The zero-order chi connectivity index (χ0) is 16.8. The summed E-state index contributed by atoms with van der Waals surface area (Å²) in [4.78, 5) is 7.50. The minimum Gasteiger partial charge on any atom is -0.438 e. The predicted molar refractivity (Wildman–Crippen MR) is 94.8 cm³/mol. The van der Waals surface area contributed by atoms with E-state index in [1.165, 1.54) is 6.20 Å². The first-order valence-electron chi connectivity index (χ1n) is 7.03. The predicted octanol–water partition coefficient (Wildman–Crippen LogP) is 5.19. The van der Waals surface area contributed by atoms with Gasteiger partial charge in [-0.1, -0.05) is 12.6 Å². The summed E-state index contributed by atoms with van der Waals surface area (Å²) in [6.07, 6.45) is 1.40. The minimum atomic E-state index is -0.584. The Morgan fingerprint density at radius 1 is 1.00 bits per heavy atom. The van der Waals surface area contributed by atoms with Gasteiger partial charge in [-0.05, 0) is 64.1 Å². The second kappa shape index (κ2) is 5.62. The topological polar surface area (TPSA) is 35.0 Å². The lowest BCUT2D eigenvalue weighted by Gasteiger charge is -2.22. The van der Waals surface area contributed by atoms with E-state index in [0.29, 0.717) is 37.1 Å². The van der Waals surface area contributed by atoms with E-state index in [1.807, 2.05) is 22.6 Å². The molecule has 0 radical (unpaired) electrons. The van der Waals surface area contributed by atoms with Crippen molar-refractivity contribution in [1.29, 1.82) is 0 Å². The Kier molecular flexibility index (Phi) is 3.56. The van der Waals surface area contributed by atoms with Crippen molar-refractivity contribution in [3.63, 3.8) is 0 Å². The fourth-order valence-electron chi connectivity index (χ4n) is 2.62. The summed E-state index contributed by atoms with van der Waals surface area (Å²) < 4.78 is 33.6. The van der Waals surface area contributed by atoms with E-state index >= 15 is 0 Å². The van der Waals surface area contributed by atoms with Crippen molar-refractivity contribution in [2.75, 3.05) is 0 Å². The fourth-order valence-corrected chi connectivity index (χ4v) is 3.05. The number of aromatic nitrogens is 2. The lowest BCUT2D eigenvalue weighted by atomic mass is 9.94. The van der Waals surface area contributed by atoms with Gasteiger partial charge in [0.25, 0.3) is 0 Å². The highest BCUT2D eigenvalue weighted by Gasteiger charge is 2.24. The van der Waals surface area contributed by atoms with Gasteiger partial charge in [0.05, 0.1) is 3.57 Å². The van der Waals surface area contributed by atoms with E-state index in [0.717, 1.165) is 0 Å². The van der Waals surface area contributed by atoms with E-state index in [9.17, 15) is 8.78 Å². The van der Waals surface area contributed by atoms with Crippen molar-refractivity contribution in [3.8, 4) is 22.8 Å². The molecule has 1 aromatic carbocycles. The summed E-state index contributed by atoms with van der Waals surface area (Å²) in [5.74, 6) is -0.433. The van der Waals surface area contributed by atoms with Crippen molar-refractivity contribution in [2.45, 2.75) is 0 Å². The summed E-state index contributed by atoms with van der Waals surface area (Å²) in [5.41, 5.74) is 3.05. The van der Waals surface area contributed by atoms with Crippen LogP contribution in [-0.2, 0) is 0 Å². The maximum absolute atomic E-state index is 13.9. The average molecular weight is 434 g/mol. The highest BCUT2D eigenvalue weighted by Crippen LogP contribution is 2.43. The number of halogens is 3. The van der Waals surface area contributed by atoms with Crippen LogP contribution in [-0.4, -0.2) is 9.97 Å². The summed E-state index contributed by atoms with van der Waals surface area (Å²) in [5, 5.41) is 0. The molecule has 2 aromatic heterocycles. The van der Waals surface area contributed by atoms with Gasteiger partial charge in [-0.25, -0.2) is 4.98 Å². The third-order valence-electron chi connectivity index (χ3n) is 3.80. The van der Waals surface area contributed by atoms with Crippen LogP contribution in [0.4, 0.5) is 8.78 Å². The quantitative estimate of drug-likeness (QED) is 0.306. The first kappa shape index (κ1) is 15.2. The summed E-state index contributed by atoms with van der Waals surface area (Å²) >= 11 is 1.87. The second-order valence-corrected chi connectivity index (χ2v) is 6.41. The van der Waals surface area contributed by atoms with E-state index < -0.39 is 11.9 Å². The van der Waals surface area contributed by atoms with E-state index in [1.54, 1.807) is 36.4 Å².